The van der Waals surface area contributed by atoms with Gasteiger partial charge in [-0.2, -0.15) is 0 Å². The Labute approximate surface area is 177 Å². The molecule has 2 aromatic rings. The van der Waals surface area contributed by atoms with Gasteiger partial charge in [0.25, 0.3) is 5.91 Å². The van der Waals surface area contributed by atoms with Crippen LogP contribution in [0.3, 0.4) is 0 Å². The summed E-state index contributed by atoms with van der Waals surface area (Å²) in [5.41, 5.74) is 2.40. The third-order valence-electron chi connectivity index (χ3n) is 5.19. The summed E-state index contributed by atoms with van der Waals surface area (Å²) in [5.74, 6) is 1.78. The van der Waals surface area contributed by atoms with E-state index in [1.165, 1.54) is 11.8 Å². The van der Waals surface area contributed by atoms with Crippen LogP contribution in [0.15, 0.2) is 29.3 Å². The Balaban J connectivity index is 1.77. The number of carbonyl (C=O) groups is 1. The van der Waals surface area contributed by atoms with Crippen molar-refractivity contribution in [1.82, 2.24) is 15.3 Å². The minimum Gasteiger partial charge on any atom is -0.495 e. The lowest BCUT2D eigenvalue weighted by Crippen LogP contribution is -2.48. The van der Waals surface area contributed by atoms with Crippen LogP contribution >= 0.6 is 11.8 Å². The van der Waals surface area contributed by atoms with E-state index in [0.29, 0.717) is 5.56 Å². The molecule has 1 fully saturated rings. The molecule has 1 amide bonds. The molecule has 0 saturated carbocycles. The first-order valence-electron chi connectivity index (χ1n) is 10.1. The van der Waals surface area contributed by atoms with E-state index in [9.17, 15) is 4.79 Å². The van der Waals surface area contributed by atoms with Gasteiger partial charge in [-0.1, -0.05) is 26.0 Å². The fourth-order valence-electron chi connectivity index (χ4n) is 3.70. The number of rotatable bonds is 6. The van der Waals surface area contributed by atoms with E-state index >= 15 is 0 Å². The molecule has 0 aliphatic carbocycles. The average molecular weight is 415 g/mol. The van der Waals surface area contributed by atoms with Crippen molar-refractivity contribution in [1.29, 1.82) is 0 Å². The first-order valence-corrected chi connectivity index (χ1v) is 11.3. The number of thioether (sulfide) groups is 1. The van der Waals surface area contributed by atoms with Crippen LogP contribution in [0.1, 0.15) is 54.5 Å². The Kier molecular flexibility index (Phi) is 7.00. The molecule has 1 N–H and O–H groups in total. The molecule has 1 atom stereocenters. The number of benzene rings is 1. The maximum absolute atomic E-state index is 13.1. The molecular weight excluding hydrogens is 384 g/mol. The fourth-order valence-corrected chi connectivity index (χ4v) is 4.33. The molecule has 6 nitrogen and oxygen atoms in total. The zero-order valence-electron chi connectivity index (χ0n) is 17.9. The average Bonchev–Trinajstić information content (AvgIpc) is 2.72. The Morgan fingerprint density at radius 1 is 1.31 bits per heavy atom. The Bertz CT molecular complexity index is 872. The molecule has 29 heavy (non-hydrogen) atoms. The van der Waals surface area contributed by atoms with E-state index in [1.807, 2.05) is 31.4 Å². The van der Waals surface area contributed by atoms with Crippen molar-refractivity contribution in [3.8, 4) is 5.75 Å². The molecule has 7 heteroatoms. The minimum absolute atomic E-state index is 0.0695. The summed E-state index contributed by atoms with van der Waals surface area (Å²) in [5, 5.41) is 3.97. The van der Waals surface area contributed by atoms with E-state index in [2.05, 4.69) is 40.1 Å². The topological polar surface area (TPSA) is 67.3 Å². The Morgan fingerprint density at radius 3 is 2.76 bits per heavy atom. The zero-order chi connectivity index (χ0) is 21.0. The number of hydrogen-bond acceptors (Lipinski definition) is 6. The lowest BCUT2D eigenvalue weighted by atomic mass is 10.0. The van der Waals surface area contributed by atoms with Gasteiger partial charge in [-0.3, -0.25) is 4.79 Å². The largest absolute Gasteiger partial charge is 0.495 e. The number of anilines is 1. The monoisotopic (exact) mass is 414 g/mol. The number of hydrogen-bond donors (Lipinski definition) is 1. The molecule has 3 rings (SSSR count). The molecule has 0 spiro atoms. The van der Waals surface area contributed by atoms with Crippen molar-refractivity contribution in [3.63, 3.8) is 0 Å². The molecule has 1 aliphatic rings. The Morgan fingerprint density at radius 2 is 2.07 bits per heavy atom. The lowest BCUT2D eigenvalue weighted by molar-refractivity contribution is 0.0928. The third-order valence-corrected chi connectivity index (χ3v) is 5.88. The van der Waals surface area contributed by atoms with Gasteiger partial charge < -0.3 is 15.0 Å². The molecule has 1 saturated heterocycles. The number of methoxy groups -OCH3 is 1. The molecule has 1 unspecified atom stereocenters. The van der Waals surface area contributed by atoms with Gasteiger partial charge in [0.05, 0.1) is 24.1 Å². The first kappa shape index (κ1) is 21.4. The lowest BCUT2D eigenvalue weighted by Gasteiger charge is -2.35. The number of amides is 1. The summed E-state index contributed by atoms with van der Waals surface area (Å²) in [6.07, 6.45) is 3.92. The molecule has 0 radical (unpaired) electrons. The van der Waals surface area contributed by atoms with Gasteiger partial charge in [-0.25, -0.2) is 9.97 Å². The quantitative estimate of drug-likeness (QED) is 0.568. The number of aryl methyl sites for hydroxylation is 1. The summed E-state index contributed by atoms with van der Waals surface area (Å²) in [4.78, 5) is 24.6. The normalized spacial score (nSPS) is 16.8. The smallest absolute Gasteiger partial charge is 0.256 e. The number of ether oxygens (including phenoxy) is 1. The fraction of sp³-hybridized carbons (Fsp3) is 0.500. The second kappa shape index (κ2) is 9.48. The summed E-state index contributed by atoms with van der Waals surface area (Å²) >= 11 is 1.49. The maximum atomic E-state index is 13.1. The van der Waals surface area contributed by atoms with Gasteiger partial charge in [0.2, 0.25) is 0 Å². The molecule has 1 aromatic carbocycles. The van der Waals surface area contributed by atoms with E-state index in [4.69, 9.17) is 4.74 Å². The van der Waals surface area contributed by atoms with Gasteiger partial charge in [0.15, 0.2) is 0 Å². The standard InChI is InChI=1S/C22H30N4O2S/c1-14(2)20-23-15(3)19(22(25-20)29-5)21(27)24-16-9-8-12-26(13-16)17-10-6-7-11-18(17)28-4/h6-7,10-11,14,16H,8-9,12-13H2,1-5H3,(H,24,27). The SMILES string of the molecule is COc1ccccc1N1CCCC(NC(=O)c2c(C)nc(C(C)C)nc2SC)C1. The number of nitrogens with zero attached hydrogens (tertiary/aromatic N) is 3. The van der Waals surface area contributed by atoms with Crippen LogP contribution in [0.5, 0.6) is 5.75 Å². The maximum Gasteiger partial charge on any atom is 0.256 e. The minimum atomic E-state index is -0.0889. The van der Waals surface area contributed by atoms with Gasteiger partial charge >= 0.3 is 0 Å². The van der Waals surface area contributed by atoms with Crippen molar-refractivity contribution in [3.05, 3.63) is 41.3 Å². The molecule has 156 valence electrons. The van der Waals surface area contributed by atoms with Gasteiger partial charge in [0.1, 0.15) is 16.6 Å². The molecular formula is C22H30N4O2S. The summed E-state index contributed by atoms with van der Waals surface area (Å²) in [6, 6.07) is 8.09. The molecule has 1 aromatic heterocycles. The van der Waals surface area contributed by atoms with Crippen LogP contribution in [0.25, 0.3) is 0 Å². The summed E-state index contributed by atoms with van der Waals surface area (Å²) < 4.78 is 5.51. The predicted molar refractivity (Wildman–Crippen MR) is 118 cm³/mol. The van der Waals surface area contributed by atoms with E-state index < -0.39 is 0 Å². The number of aromatic nitrogens is 2. The van der Waals surface area contributed by atoms with Gasteiger partial charge in [-0.05, 0) is 38.2 Å². The Hall–Kier alpha value is -2.28. The molecule has 2 heterocycles. The van der Waals surface area contributed by atoms with Crippen LogP contribution in [0, 0.1) is 6.92 Å². The highest BCUT2D eigenvalue weighted by atomic mass is 32.2. The first-order chi connectivity index (χ1) is 13.9. The van der Waals surface area contributed by atoms with Crippen molar-refractivity contribution in [2.75, 3.05) is 31.4 Å². The van der Waals surface area contributed by atoms with Crippen LogP contribution in [-0.2, 0) is 0 Å². The summed E-state index contributed by atoms with van der Waals surface area (Å²) in [7, 11) is 1.69. The highest BCUT2D eigenvalue weighted by Gasteiger charge is 2.26. The number of carbonyl (C=O) groups excluding carboxylic acids is 1. The van der Waals surface area contributed by atoms with Crippen molar-refractivity contribution >= 4 is 23.4 Å². The van der Waals surface area contributed by atoms with Crippen LogP contribution < -0.4 is 15.0 Å². The predicted octanol–water partition coefficient (Wildman–Crippen LogP) is 4.04. The molecule has 0 bridgehead atoms. The van der Waals surface area contributed by atoms with E-state index in [1.54, 1.807) is 7.11 Å². The van der Waals surface area contributed by atoms with Gasteiger partial charge in [0, 0.05) is 25.0 Å². The van der Waals surface area contributed by atoms with Gasteiger partial charge in [-0.15, -0.1) is 11.8 Å². The number of piperidine rings is 1. The summed E-state index contributed by atoms with van der Waals surface area (Å²) in [6.45, 7) is 7.73. The molecule has 1 aliphatic heterocycles. The van der Waals surface area contributed by atoms with Crippen LogP contribution in [0.4, 0.5) is 5.69 Å². The van der Waals surface area contributed by atoms with E-state index in [-0.39, 0.29) is 17.9 Å². The number of para-hydroxylation sites is 2. The van der Waals surface area contributed by atoms with Crippen molar-refractivity contribution in [2.24, 2.45) is 0 Å². The zero-order valence-corrected chi connectivity index (χ0v) is 18.7. The third kappa shape index (κ3) is 4.83. The van der Waals surface area contributed by atoms with Crippen molar-refractivity contribution in [2.45, 2.75) is 50.6 Å². The second-order valence-corrected chi connectivity index (χ2v) is 8.43. The highest BCUT2D eigenvalue weighted by molar-refractivity contribution is 7.98. The van der Waals surface area contributed by atoms with Crippen molar-refractivity contribution < 1.29 is 9.53 Å². The number of nitrogens with one attached hydrogen (secondary N) is 1. The highest BCUT2D eigenvalue weighted by Crippen LogP contribution is 2.30. The van der Waals surface area contributed by atoms with E-state index in [0.717, 1.165) is 53.9 Å². The van der Waals surface area contributed by atoms with Crippen LogP contribution in [0.2, 0.25) is 0 Å². The van der Waals surface area contributed by atoms with Crippen LogP contribution in [-0.4, -0.2) is 48.4 Å². The second-order valence-electron chi connectivity index (χ2n) is 7.64.